The van der Waals surface area contributed by atoms with E-state index in [9.17, 15) is 9.90 Å². The number of carboxylic acid groups (broad SMARTS) is 1. The molecule has 0 aromatic carbocycles. The van der Waals surface area contributed by atoms with Crippen LogP contribution in [0.5, 0.6) is 0 Å². The van der Waals surface area contributed by atoms with Crippen LogP contribution in [-0.2, 0) is 4.79 Å². The maximum absolute atomic E-state index is 10.5. The van der Waals surface area contributed by atoms with E-state index in [4.69, 9.17) is 5.11 Å². The van der Waals surface area contributed by atoms with Gasteiger partial charge >= 0.3 is 5.97 Å². The van der Waals surface area contributed by atoms with Crippen molar-refractivity contribution in [2.75, 3.05) is 0 Å². The van der Waals surface area contributed by atoms with Crippen LogP contribution in [-0.4, -0.2) is 22.3 Å². The number of hydrogen-bond donors (Lipinski definition) is 2. The molecule has 0 aromatic rings. The van der Waals surface area contributed by atoms with Crippen molar-refractivity contribution >= 4 is 5.97 Å². The Morgan fingerprint density at radius 3 is 2.55 bits per heavy atom. The van der Waals surface area contributed by atoms with Gasteiger partial charge in [0.2, 0.25) is 0 Å². The van der Waals surface area contributed by atoms with Crippen LogP contribution >= 0.6 is 0 Å². The van der Waals surface area contributed by atoms with Gasteiger partial charge in [-0.3, -0.25) is 4.79 Å². The van der Waals surface area contributed by atoms with Crippen LogP contribution < -0.4 is 0 Å². The first kappa shape index (κ1) is 8.53. The second-order valence-electron chi connectivity index (χ2n) is 3.39. The van der Waals surface area contributed by atoms with Gasteiger partial charge in [-0.1, -0.05) is 6.92 Å². The molecule has 3 atom stereocenters. The summed E-state index contributed by atoms with van der Waals surface area (Å²) in [4.78, 5) is 10.5. The molecule has 0 saturated heterocycles. The largest absolute Gasteiger partial charge is 0.481 e. The third-order valence-electron chi connectivity index (χ3n) is 2.47. The molecule has 3 heteroatoms. The zero-order valence-electron chi connectivity index (χ0n) is 6.66. The molecular weight excluding hydrogens is 144 g/mol. The minimum atomic E-state index is -0.719. The number of rotatable bonds is 1. The van der Waals surface area contributed by atoms with Crippen LogP contribution in [0.25, 0.3) is 0 Å². The van der Waals surface area contributed by atoms with Crippen molar-refractivity contribution in [2.24, 2.45) is 11.8 Å². The van der Waals surface area contributed by atoms with E-state index in [1.165, 1.54) is 0 Å². The van der Waals surface area contributed by atoms with Crippen LogP contribution in [0.3, 0.4) is 0 Å². The van der Waals surface area contributed by atoms with Gasteiger partial charge in [0.1, 0.15) is 0 Å². The van der Waals surface area contributed by atoms with E-state index < -0.39 is 5.97 Å². The molecule has 3 nitrogen and oxygen atoms in total. The van der Waals surface area contributed by atoms with Crippen LogP contribution in [0.1, 0.15) is 26.2 Å². The average molecular weight is 158 g/mol. The van der Waals surface area contributed by atoms with Crippen LogP contribution in [0.4, 0.5) is 0 Å². The fraction of sp³-hybridized carbons (Fsp3) is 0.875. The molecule has 0 aromatic heterocycles. The van der Waals surface area contributed by atoms with Crippen LogP contribution in [0, 0.1) is 11.8 Å². The minimum absolute atomic E-state index is 0.143. The second kappa shape index (κ2) is 3.22. The molecule has 11 heavy (non-hydrogen) atoms. The number of hydrogen-bond acceptors (Lipinski definition) is 2. The number of carboxylic acids is 1. The van der Waals surface area contributed by atoms with Crippen LogP contribution in [0.2, 0.25) is 0 Å². The summed E-state index contributed by atoms with van der Waals surface area (Å²) in [7, 11) is 0. The topological polar surface area (TPSA) is 57.5 Å². The summed E-state index contributed by atoms with van der Waals surface area (Å²) >= 11 is 0. The van der Waals surface area contributed by atoms with Crippen molar-refractivity contribution in [2.45, 2.75) is 32.3 Å². The summed E-state index contributed by atoms with van der Waals surface area (Å²) in [5.74, 6) is -0.804. The first-order valence-electron chi connectivity index (χ1n) is 4.02. The van der Waals surface area contributed by atoms with Crippen molar-refractivity contribution in [3.05, 3.63) is 0 Å². The molecule has 1 rings (SSSR count). The van der Waals surface area contributed by atoms with Crippen molar-refractivity contribution in [3.8, 4) is 0 Å². The van der Waals surface area contributed by atoms with Gasteiger partial charge in [0.15, 0.2) is 0 Å². The molecule has 0 heterocycles. The second-order valence-corrected chi connectivity index (χ2v) is 3.39. The van der Waals surface area contributed by atoms with Crippen molar-refractivity contribution in [3.63, 3.8) is 0 Å². The Hall–Kier alpha value is -0.570. The molecule has 1 unspecified atom stereocenters. The van der Waals surface area contributed by atoms with E-state index >= 15 is 0 Å². The van der Waals surface area contributed by atoms with Gasteiger partial charge in [-0.2, -0.15) is 0 Å². The normalized spacial score (nSPS) is 38.5. The average Bonchev–Trinajstić information content (AvgIpc) is 1.94. The number of aliphatic carboxylic acids is 1. The van der Waals surface area contributed by atoms with Gasteiger partial charge in [0, 0.05) is 0 Å². The fourth-order valence-corrected chi connectivity index (χ4v) is 1.60. The lowest BCUT2D eigenvalue weighted by Crippen LogP contribution is -2.30. The van der Waals surface area contributed by atoms with Crippen molar-refractivity contribution in [1.82, 2.24) is 0 Å². The van der Waals surface area contributed by atoms with Gasteiger partial charge in [0.25, 0.3) is 0 Å². The molecule has 1 saturated carbocycles. The van der Waals surface area contributed by atoms with E-state index in [0.29, 0.717) is 19.3 Å². The van der Waals surface area contributed by atoms with Crippen LogP contribution in [0.15, 0.2) is 0 Å². The molecule has 2 N–H and O–H groups in total. The SMILES string of the molecule is CC1C[C@H](C(=O)O)CC[C@H]1O. The number of aliphatic hydroxyl groups excluding tert-OH is 1. The molecule has 1 fully saturated rings. The number of carbonyl (C=O) groups is 1. The highest BCUT2D eigenvalue weighted by Gasteiger charge is 2.29. The lowest BCUT2D eigenvalue weighted by atomic mass is 9.80. The fourth-order valence-electron chi connectivity index (χ4n) is 1.60. The summed E-state index contributed by atoms with van der Waals surface area (Å²) < 4.78 is 0. The van der Waals surface area contributed by atoms with Crippen molar-refractivity contribution < 1.29 is 15.0 Å². The molecule has 0 spiro atoms. The Bertz CT molecular complexity index is 155. The van der Waals surface area contributed by atoms with Crippen molar-refractivity contribution in [1.29, 1.82) is 0 Å². The first-order chi connectivity index (χ1) is 5.11. The molecule has 0 amide bonds. The highest BCUT2D eigenvalue weighted by atomic mass is 16.4. The summed E-state index contributed by atoms with van der Waals surface area (Å²) in [6.07, 6.45) is 1.60. The lowest BCUT2D eigenvalue weighted by molar-refractivity contribution is -0.144. The van der Waals surface area contributed by atoms with E-state index in [1.54, 1.807) is 0 Å². The smallest absolute Gasteiger partial charge is 0.306 e. The van der Waals surface area contributed by atoms with Gasteiger partial charge in [0.05, 0.1) is 12.0 Å². The molecule has 0 bridgehead atoms. The highest BCUT2D eigenvalue weighted by molar-refractivity contribution is 5.70. The molecule has 1 aliphatic rings. The first-order valence-corrected chi connectivity index (χ1v) is 4.02. The predicted octanol–water partition coefficient (Wildman–Crippen LogP) is 0.868. The van der Waals surface area contributed by atoms with E-state index in [2.05, 4.69) is 0 Å². The van der Waals surface area contributed by atoms with Gasteiger partial charge in [-0.25, -0.2) is 0 Å². The van der Waals surface area contributed by atoms with Gasteiger partial charge in [-0.05, 0) is 25.2 Å². The van der Waals surface area contributed by atoms with E-state index in [-0.39, 0.29) is 17.9 Å². The Balaban J connectivity index is 2.46. The van der Waals surface area contributed by atoms with Gasteiger partial charge < -0.3 is 10.2 Å². The maximum Gasteiger partial charge on any atom is 0.306 e. The number of aliphatic hydroxyl groups is 1. The van der Waals surface area contributed by atoms with E-state index in [0.717, 1.165) is 0 Å². The molecule has 1 aliphatic carbocycles. The third kappa shape index (κ3) is 1.93. The molecule has 0 radical (unpaired) electrons. The zero-order valence-corrected chi connectivity index (χ0v) is 6.66. The summed E-state index contributed by atoms with van der Waals surface area (Å²) in [5.41, 5.74) is 0. The third-order valence-corrected chi connectivity index (χ3v) is 2.47. The summed E-state index contributed by atoms with van der Waals surface area (Å²) in [5, 5.41) is 17.9. The molecular formula is C8H14O3. The standard InChI is InChI=1S/C8H14O3/c1-5-4-6(8(10)11)2-3-7(5)9/h5-7,9H,2-4H2,1H3,(H,10,11)/t5?,6-,7-/m1/s1. The Morgan fingerprint density at radius 1 is 1.45 bits per heavy atom. The quantitative estimate of drug-likeness (QED) is 0.595. The molecule has 64 valence electrons. The molecule has 0 aliphatic heterocycles. The maximum atomic E-state index is 10.5. The minimum Gasteiger partial charge on any atom is -0.481 e. The summed E-state index contributed by atoms with van der Waals surface area (Å²) in [6.45, 7) is 1.90. The highest BCUT2D eigenvalue weighted by Crippen LogP contribution is 2.28. The Morgan fingerprint density at radius 2 is 2.09 bits per heavy atom. The predicted molar refractivity (Wildman–Crippen MR) is 40.1 cm³/mol. The Labute approximate surface area is 66.0 Å². The monoisotopic (exact) mass is 158 g/mol. The van der Waals surface area contributed by atoms with E-state index in [1.807, 2.05) is 6.92 Å². The Kier molecular flexibility index (Phi) is 2.49. The zero-order chi connectivity index (χ0) is 8.43. The van der Waals surface area contributed by atoms with Gasteiger partial charge in [-0.15, -0.1) is 0 Å². The lowest BCUT2D eigenvalue weighted by Gasteiger charge is -2.28. The summed E-state index contributed by atoms with van der Waals surface area (Å²) in [6, 6.07) is 0.